The lowest BCUT2D eigenvalue weighted by atomic mass is 10.0. The molecule has 0 bridgehead atoms. The number of ether oxygens (including phenoxy) is 1. The molecule has 6 heteroatoms. The van der Waals surface area contributed by atoms with Crippen molar-refractivity contribution in [1.82, 2.24) is 15.2 Å². The van der Waals surface area contributed by atoms with Gasteiger partial charge >= 0.3 is 0 Å². The van der Waals surface area contributed by atoms with Gasteiger partial charge in [-0.1, -0.05) is 6.07 Å². The molecule has 0 spiro atoms. The lowest BCUT2D eigenvalue weighted by molar-refractivity contribution is -0.135. The minimum absolute atomic E-state index is 0. The molecule has 0 aliphatic carbocycles. The van der Waals surface area contributed by atoms with Gasteiger partial charge in [-0.3, -0.25) is 9.78 Å². The predicted molar refractivity (Wildman–Crippen MR) is 79.9 cm³/mol. The van der Waals surface area contributed by atoms with Crippen LogP contribution in [0.15, 0.2) is 24.5 Å². The van der Waals surface area contributed by atoms with Crippen molar-refractivity contribution in [1.29, 1.82) is 0 Å². The lowest BCUT2D eigenvalue weighted by Crippen LogP contribution is -2.48. The van der Waals surface area contributed by atoms with E-state index in [0.717, 1.165) is 25.2 Å². The van der Waals surface area contributed by atoms with Crippen LogP contribution in [0.5, 0.6) is 0 Å². The quantitative estimate of drug-likeness (QED) is 0.835. The number of carbonyl (C=O) groups is 1. The van der Waals surface area contributed by atoms with Crippen LogP contribution in [0.3, 0.4) is 0 Å². The van der Waals surface area contributed by atoms with Gasteiger partial charge in [-0.15, -0.1) is 12.4 Å². The van der Waals surface area contributed by atoms with Crippen LogP contribution in [0.1, 0.15) is 24.9 Å². The summed E-state index contributed by atoms with van der Waals surface area (Å²) in [6.45, 7) is 5.46. The molecule has 1 amide bonds. The maximum absolute atomic E-state index is 12.3. The van der Waals surface area contributed by atoms with E-state index >= 15 is 0 Å². The fourth-order valence-corrected chi connectivity index (χ4v) is 2.32. The zero-order chi connectivity index (χ0) is 13.5. The Kier molecular flexibility index (Phi) is 7.51. The summed E-state index contributed by atoms with van der Waals surface area (Å²) < 4.78 is 5.26. The van der Waals surface area contributed by atoms with Crippen molar-refractivity contribution in [3.63, 3.8) is 0 Å². The Morgan fingerprint density at radius 3 is 3.15 bits per heavy atom. The van der Waals surface area contributed by atoms with E-state index < -0.39 is 0 Å². The molecule has 2 heterocycles. The van der Waals surface area contributed by atoms with E-state index in [-0.39, 0.29) is 24.4 Å². The predicted octanol–water partition coefficient (Wildman–Crippen LogP) is 1.40. The van der Waals surface area contributed by atoms with Gasteiger partial charge in [0.2, 0.25) is 5.91 Å². The van der Waals surface area contributed by atoms with Gasteiger partial charge < -0.3 is 15.0 Å². The lowest BCUT2D eigenvalue weighted by Gasteiger charge is -2.36. The Morgan fingerprint density at radius 1 is 1.60 bits per heavy atom. The van der Waals surface area contributed by atoms with E-state index in [1.807, 2.05) is 30.2 Å². The molecule has 1 aromatic heterocycles. The molecule has 1 fully saturated rings. The number of aromatic nitrogens is 1. The molecule has 2 rings (SSSR count). The fourth-order valence-electron chi connectivity index (χ4n) is 2.32. The molecule has 1 aromatic rings. The fraction of sp³-hybridized carbons (Fsp3) is 0.571. The molecule has 1 unspecified atom stereocenters. The van der Waals surface area contributed by atoms with Crippen LogP contribution >= 0.6 is 12.4 Å². The molecule has 0 saturated carbocycles. The molecule has 1 N–H and O–H groups in total. The maximum Gasteiger partial charge on any atom is 0.225 e. The first-order chi connectivity index (χ1) is 9.33. The average Bonchev–Trinajstić information content (AvgIpc) is 2.48. The Morgan fingerprint density at radius 2 is 2.45 bits per heavy atom. The second-order valence-corrected chi connectivity index (χ2v) is 4.54. The third-order valence-electron chi connectivity index (χ3n) is 3.30. The molecule has 1 atom stereocenters. The normalized spacial score (nSPS) is 18.4. The first kappa shape index (κ1) is 16.9. The van der Waals surface area contributed by atoms with E-state index in [1.165, 1.54) is 0 Å². The van der Waals surface area contributed by atoms with Gasteiger partial charge in [0.1, 0.15) is 0 Å². The highest BCUT2D eigenvalue weighted by atomic mass is 35.5. The van der Waals surface area contributed by atoms with Gasteiger partial charge in [-0.25, -0.2) is 0 Å². The standard InChI is InChI=1S/C14H21N3O2.ClH/c1-2-19-9-5-14(18)17-8-7-16-11-13(17)12-4-3-6-15-10-12;/h3-4,6,10,13,16H,2,5,7-9,11H2,1H3;1H. The number of halogens is 1. The molecule has 1 aliphatic heterocycles. The number of hydrogen-bond acceptors (Lipinski definition) is 4. The molecular weight excluding hydrogens is 278 g/mol. The monoisotopic (exact) mass is 299 g/mol. The number of hydrogen-bond donors (Lipinski definition) is 1. The smallest absolute Gasteiger partial charge is 0.225 e. The summed E-state index contributed by atoms with van der Waals surface area (Å²) in [5.41, 5.74) is 1.08. The van der Waals surface area contributed by atoms with Crippen LogP contribution < -0.4 is 5.32 Å². The number of nitrogens with one attached hydrogen (secondary N) is 1. The second kappa shape index (κ2) is 8.89. The summed E-state index contributed by atoms with van der Waals surface area (Å²) in [5, 5.41) is 3.33. The van der Waals surface area contributed by atoms with Gasteiger partial charge in [0.25, 0.3) is 0 Å². The summed E-state index contributed by atoms with van der Waals surface area (Å²) >= 11 is 0. The van der Waals surface area contributed by atoms with Crippen molar-refractivity contribution in [3.8, 4) is 0 Å². The van der Waals surface area contributed by atoms with E-state index in [2.05, 4.69) is 10.3 Å². The van der Waals surface area contributed by atoms with E-state index in [9.17, 15) is 4.79 Å². The SMILES string of the molecule is CCOCCC(=O)N1CCNCC1c1cccnc1.Cl. The van der Waals surface area contributed by atoms with Crippen molar-refractivity contribution in [2.75, 3.05) is 32.8 Å². The van der Waals surface area contributed by atoms with Gasteiger partial charge in [0.15, 0.2) is 0 Å². The summed E-state index contributed by atoms with van der Waals surface area (Å²) in [6.07, 6.45) is 4.03. The first-order valence-corrected chi connectivity index (χ1v) is 6.80. The minimum atomic E-state index is 0. The molecule has 1 aliphatic rings. The first-order valence-electron chi connectivity index (χ1n) is 6.80. The number of pyridine rings is 1. The molecule has 0 radical (unpaired) electrons. The number of nitrogens with zero attached hydrogens (tertiary/aromatic N) is 2. The van der Waals surface area contributed by atoms with Crippen molar-refractivity contribution < 1.29 is 9.53 Å². The molecule has 1 saturated heterocycles. The Labute approximate surface area is 126 Å². The van der Waals surface area contributed by atoms with Crippen LogP contribution in [0.4, 0.5) is 0 Å². The average molecular weight is 300 g/mol. The zero-order valence-corrected chi connectivity index (χ0v) is 12.6. The highest BCUT2D eigenvalue weighted by Gasteiger charge is 2.27. The Balaban J connectivity index is 0.00000200. The summed E-state index contributed by atoms with van der Waals surface area (Å²) in [4.78, 5) is 18.3. The zero-order valence-electron chi connectivity index (χ0n) is 11.7. The van der Waals surface area contributed by atoms with Crippen LogP contribution in [0.2, 0.25) is 0 Å². The van der Waals surface area contributed by atoms with Gasteiger partial charge in [-0.05, 0) is 18.6 Å². The highest BCUT2D eigenvalue weighted by molar-refractivity contribution is 5.85. The maximum atomic E-state index is 12.3. The third-order valence-corrected chi connectivity index (χ3v) is 3.30. The van der Waals surface area contributed by atoms with Crippen LogP contribution in [0.25, 0.3) is 0 Å². The van der Waals surface area contributed by atoms with Crippen molar-refractivity contribution in [3.05, 3.63) is 30.1 Å². The van der Waals surface area contributed by atoms with Crippen LogP contribution in [-0.4, -0.2) is 48.6 Å². The highest BCUT2D eigenvalue weighted by Crippen LogP contribution is 2.22. The molecule has 112 valence electrons. The third kappa shape index (κ3) is 4.44. The van der Waals surface area contributed by atoms with Crippen molar-refractivity contribution in [2.24, 2.45) is 0 Å². The molecule has 20 heavy (non-hydrogen) atoms. The molecule has 5 nitrogen and oxygen atoms in total. The van der Waals surface area contributed by atoms with E-state index in [4.69, 9.17) is 4.74 Å². The molecule has 0 aromatic carbocycles. The van der Waals surface area contributed by atoms with Crippen molar-refractivity contribution >= 4 is 18.3 Å². The van der Waals surface area contributed by atoms with E-state index in [1.54, 1.807) is 6.20 Å². The topological polar surface area (TPSA) is 54.5 Å². The Hall–Kier alpha value is -1.17. The largest absolute Gasteiger partial charge is 0.381 e. The van der Waals surface area contributed by atoms with Crippen molar-refractivity contribution in [2.45, 2.75) is 19.4 Å². The number of carbonyl (C=O) groups excluding carboxylic acids is 1. The summed E-state index contributed by atoms with van der Waals surface area (Å²) in [7, 11) is 0. The van der Waals surface area contributed by atoms with Gasteiger partial charge in [0.05, 0.1) is 19.1 Å². The number of rotatable bonds is 5. The van der Waals surface area contributed by atoms with Gasteiger partial charge in [0, 0.05) is 38.6 Å². The second-order valence-electron chi connectivity index (χ2n) is 4.54. The van der Waals surface area contributed by atoms with Gasteiger partial charge in [-0.2, -0.15) is 0 Å². The summed E-state index contributed by atoms with van der Waals surface area (Å²) in [5.74, 6) is 0.156. The number of piperazine rings is 1. The number of amides is 1. The van der Waals surface area contributed by atoms with Crippen LogP contribution in [-0.2, 0) is 9.53 Å². The molecular formula is C14H22ClN3O2. The Bertz CT molecular complexity index is 403. The van der Waals surface area contributed by atoms with E-state index in [0.29, 0.717) is 19.6 Å². The van der Waals surface area contributed by atoms with Crippen LogP contribution in [0, 0.1) is 0 Å². The minimum Gasteiger partial charge on any atom is -0.381 e. The summed E-state index contributed by atoms with van der Waals surface area (Å²) in [6, 6.07) is 4.01.